The molecule has 0 radical (unpaired) electrons. The highest BCUT2D eigenvalue weighted by Gasteiger charge is 2.26. The number of ether oxygens (including phenoxy) is 1. The maximum atomic E-state index is 12.6. The molecule has 26 heavy (non-hydrogen) atoms. The van der Waals surface area contributed by atoms with Gasteiger partial charge in [0, 0.05) is 44.6 Å². The zero-order valence-electron chi connectivity index (χ0n) is 15.3. The first-order chi connectivity index (χ1) is 12.6. The number of aromatic nitrogens is 3. The van der Waals surface area contributed by atoms with E-state index in [0.29, 0.717) is 38.5 Å². The summed E-state index contributed by atoms with van der Waals surface area (Å²) in [5.74, 6) is 0.869. The summed E-state index contributed by atoms with van der Waals surface area (Å²) < 4.78 is 5.80. The van der Waals surface area contributed by atoms with Gasteiger partial charge >= 0.3 is 0 Å². The average molecular weight is 355 g/mol. The minimum atomic E-state index is -0.178. The van der Waals surface area contributed by atoms with Gasteiger partial charge in [-0.25, -0.2) is 9.97 Å². The van der Waals surface area contributed by atoms with E-state index in [9.17, 15) is 4.79 Å². The summed E-state index contributed by atoms with van der Waals surface area (Å²) in [4.78, 5) is 29.3. The van der Waals surface area contributed by atoms with Crippen molar-refractivity contribution in [3.8, 4) is 0 Å². The minimum absolute atomic E-state index is 0.155. The minimum Gasteiger partial charge on any atom is -0.368 e. The summed E-state index contributed by atoms with van der Waals surface area (Å²) in [5, 5.41) is 0. The Kier molecular flexibility index (Phi) is 6.25. The third-order valence-electron chi connectivity index (χ3n) is 4.43. The second-order valence-electron chi connectivity index (χ2n) is 6.58. The van der Waals surface area contributed by atoms with Gasteiger partial charge in [-0.15, -0.1) is 0 Å². The van der Waals surface area contributed by atoms with Crippen LogP contribution in [0.5, 0.6) is 0 Å². The number of carbonyl (C=O) groups is 1. The van der Waals surface area contributed by atoms with Crippen LogP contribution in [0.15, 0.2) is 36.8 Å². The van der Waals surface area contributed by atoms with E-state index in [4.69, 9.17) is 4.74 Å². The van der Waals surface area contributed by atoms with Gasteiger partial charge < -0.3 is 14.5 Å². The zero-order chi connectivity index (χ0) is 18.4. The molecular weight excluding hydrogens is 330 g/mol. The van der Waals surface area contributed by atoms with Crippen molar-refractivity contribution >= 4 is 5.91 Å². The molecule has 0 bridgehead atoms. The second-order valence-corrected chi connectivity index (χ2v) is 6.58. The molecule has 3 rings (SSSR count). The quantitative estimate of drug-likeness (QED) is 0.784. The summed E-state index contributed by atoms with van der Waals surface area (Å²) >= 11 is 0. The number of carbonyl (C=O) groups excluding carboxylic acids is 1. The number of aryl methyl sites for hydroxylation is 1. The lowest BCUT2D eigenvalue weighted by atomic mass is 10.2. The van der Waals surface area contributed by atoms with Gasteiger partial charge in [-0.3, -0.25) is 9.78 Å². The number of hydrogen-bond acceptors (Lipinski definition) is 6. The van der Waals surface area contributed by atoms with Crippen LogP contribution in [0, 0.1) is 6.92 Å². The van der Waals surface area contributed by atoms with Gasteiger partial charge in [-0.05, 0) is 31.7 Å². The van der Waals surface area contributed by atoms with Crippen LogP contribution in [-0.2, 0) is 16.1 Å². The molecule has 1 amide bonds. The van der Waals surface area contributed by atoms with Gasteiger partial charge in [-0.2, -0.15) is 0 Å². The molecule has 1 aliphatic heterocycles. The lowest BCUT2D eigenvalue weighted by Crippen LogP contribution is -2.43. The smallest absolute Gasteiger partial charge is 0.224 e. The number of hydrogen-bond donors (Lipinski definition) is 0. The largest absolute Gasteiger partial charge is 0.368 e. The van der Waals surface area contributed by atoms with Crippen LogP contribution < -0.4 is 0 Å². The van der Waals surface area contributed by atoms with Gasteiger partial charge in [0.25, 0.3) is 0 Å². The average Bonchev–Trinajstić information content (AvgIpc) is 2.67. The monoisotopic (exact) mass is 355 g/mol. The highest BCUT2D eigenvalue weighted by atomic mass is 16.5. The molecule has 1 unspecified atom stereocenters. The lowest BCUT2D eigenvalue weighted by molar-refractivity contribution is -0.139. The summed E-state index contributed by atoms with van der Waals surface area (Å²) in [7, 11) is 2.02. The van der Waals surface area contributed by atoms with Gasteiger partial charge in [-0.1, -0.05) is 6.07 Å². The Morgan fingerprint density at radius 2 is 2.27 bits per heavy atom. The third kappa shape index (κ3) is 5.06. The van der Waals surface area contributed by atoms with E-state index in [1.807, 2.05) is 43.3 Å². The first-order valence-electron chi connectivity index (χ1n) is 8.88. The fourth-order valence-electron chi connectivity index (χ4n) is 3.04. The maximum absolute atomic E-state index is 12.6. The molecule has 2 aromatic heterocycles. The van der Waals surface area contributed by atoms with Crippen LogP contribution in [0.1, 0.15) is 29.6 Å². The topological polar surface area (TPSA) is 71.5 Å². The van der Waals surface area contributed by atoms with Gasteiger partial charge in [0.2, 0.25) is 5.91 Å². The molecule has 0 aliphatic carbocycles. The Bertz CT molecular complexity index is 725. The van der Waals surface area contributed by atoms with E-state index in [-0.39, 0.29) is 12.0 Å². The molecule has 7 nitrogen and oxygen atoms in total. The molecule has 138 valence electrons. The van der Waals surface area contributed by atoms with Gasteiger partial charge in [0.15, 0.2) is 0 Å². The molecule has 1 saturated heterocycles. The molecule has 0 N–H and O–H groups in total. The van der Waals surface area contributed by atoms with Crippen LogP contribution >= 0.6 is 0 Å². The van der Waals surface area contributed by atoms with E-state index in [1.54, 1.807) is 12.4 Å². The number of morpholine rings is 1. The number of rotatable bonds is 6. The molecule has 1 atom stereocenters. The van der Waals surface area contributed by atoms with Crippen LogP contribution in [0.25, 0.3) is 0 Å². The first kappa shape index (κ1) is 18.4. The van der Waals surface area contributed by atoms with E-state index in [0.717, 1.165) is 17.8 Å². The summed E-state index contributed by atoms with van der Waals surface area (Å²) in [6.45, 7) is 5.06. The summed E-state index contributed by atoms with van der Waals surface area (Å²) in [6, 6.07) is 5.83. The Balaban J connectivity index is 1.49. The number of nitrogens with zero attached hydrogens (tertiary/aromatic N) is 5. The first-order valence-corrected chi connectivity index (χ1v) is 8.88. The molecular formula is C19H25N5O2. The maximum Gasteiger partial charge on any atom is 0.224 e. The fourth-order valence-corrected chi connectivity index (χ4v) is 3.04. The predicted octanol–water partition coefficient (Wildman–Crippen LogP) is 1.60. The predicted molar refractivity (Wildman–Crippen MR) is 97.2 cm³/mol. The van der Waals surface area contributed by atoms with Crippen LogP contribution in [-0.4, -0.2) is 63.9 Å². The molecule has 2 aromatic rings. The highest BCUT2D eigenvalue weighted by Crippen LogP contribution is 2.20. The van der Waals surface area contributed by atoms with Gasteiger partial charge in [0.05, 0.1) is 18.8 Å². The van der Waals surface area contributed by atoms with E-state index in [1.165, 1.54) is 0 Å². The van der Waals surface area contributed by atoms with Crippen molar-refractivity contribution in [2.24, 2.45) is 0 Å². The third-order valence-corrected chi connectivity index (χ3v) is 4.43. The van der Waals surface area contributed by atoms with Crippen molar-refractivity contribution in [1.29, 1.82) is 0 Å². The highest BCUT2D eigenvalue weighted by molar-refractivity contribution is 5.76. The molecule has 0 spiro atoms. The van der Waals surface area contributed by atoms with Crippen LogP contribution in [0.3, 0.4) is 0 Å². The van der Waals surface area contributed by atoms with Crippen molar-refractivity contribution in [2.75, 3.05) is 33.3 Å². The fraction of sp³-hybridized carbons (Fsp3) is 0.474. The Morgan fingerprint density at radius 3 is 3.04 bits per heavy atom. The van der Waals surface area contributed by atoms with Crippen LogP contribution in [0.2, 0.25) is 0 Å². The number of pyridine rings is 1. The van der Waals surface area contributed by atoms with Crippen molar-refractivity contribution in [2.45, 2.75) is 26.0 Å². The van der Waals surface area contributed by atoms with Crippen LogP contribution in [0.4, 0.5) is 0 Å². The standard InChI is InChI=1S/C19H25N5O2/c1-15-21-8-5-17(22-15)18-14-24(10-11-26-18)19(25)6-9-23(2)13-16-4-3-7-20-12-16/h3-5,7-8,12,18H,6,9-11,13-14H2,1-2H3. The molecule has 7 heteroatoms. The molecule has 0 aromatic carbocycles. The van der Waals surface area contributed by atoms with E-state index in [2.05, 4.69) is 19.9 Å². The second kappa shape index (κ2) is 8.82. The van der Waals surface area contributed by atoms with E-state index < -0.39 is 0 Å². The number of amides is 1. The Morgan fingerprint density at radius 1 is 1.38 bits per heavy atom. The molecule has 1 fully saturated rings. The van der Waals surface area contributed by atoms with Crippen molar-refractivity contribution in [1.82, 2.24) is 24.8 Å². The normalized spacial score (nSPS) is 17.5. The molecule has 0 saturated carbocycles. The lowest BCUT2D eigenvalue weighted by Gasteiger charge is -2.33. The van der Waals surface area contributed by atoms with Gasteiger partial charge in [0.1, 0.15) is 11.9 Å². The summed E-state index contributed by atoms with van der Waals surface area (Å²) in [6.07, 6.45) is 5.67. The Labute approximate surface area is 154 Å². The van der Waals surface area contributed by atoms with Crippen molar-refractivity contribution in [3.63, 3.8) is 0 Å². The molecule has 1 aliphatic rings. The SMILES string of the molecule is Cc1nccc(C2CN(C(=O)CCN(C)Cc3cccnc3)CCO2)n1. The van der Waals surface area contributed by atoms with Crippen molar-refractivity contribution in [3.05, 3.63) is 53.9 Å². The summed E-state index contributed by atoms with van der Waals surface area (Å²) in [5.41, 5.74) is 1.98. The molecule has 3 heterocycles. The van der Waals surface area contributed by atoms with E-state index >= 15 is 0 Å². The zero-order valence-corrected chi connectivity index (χ0v) is 15.3. The van der Waals surface area contributed by atoms with Crippen molar-refractivity contribution < 1.29 is 9.53 Å². The Hall–Kier alpha value is -2.38.